The number of amides is 1. The number of non-ortho nitro benzene ring substituents is 1. The lowest BCUT2D eigenvalue weighted by Crippen LogP contribution is -2.14. The zero-order valence-corrected chi connectivity index (χ0v) is 14.3. The lowest BCUT2D eigenvalue weighted by atomic mass is 10.1. The van der Waals surface area contributed by atoms with Crippen LogP contribution in [0.15, 0.2) is 41.6 Å². The van der Waals surface area contributed by atoms with Crippen molar-refractivity contribution in [2.45, 2.75) is 11.9 Å². The number of nitro groups is 1. The first-order valence-corrected chi connectivity index (χ1v) is 8.21. The quantitative estimate of drug-likeness (QED) is 0.364. The molecular formula is C16H15N3O5S. The van der Waals surface area contributed by atoms with E-state index in [9.17, 15) is 19.7 Å². The Morgan fingerprint density at radius 1 is 1.28 bits per heavy atom. The van der Waals surface area contributed by atoms with Crippen LogP contribution in [-0.4, -0.2) is 34.6 Å². The predicted molar refractivity (Wildman–Crippen MR) is 93.0 cm³/mol. The van der Waals surface area contributed by atoms with E-state index in [4.69, 9.17) is 0 Å². The van der Waals surface area contributed by atoms with Gasteiger partial charge in [0.05, 0.1) is 34.5 Å². The number of thioether (sulfide) groups is 1. The molecular weight excluding hydrogens is 346 g/mol. The van der Waals surface area contributed by atoms with Gasteiger partial charge in [0, 0.05) is 17.7 Å². The molecule has 0 fully saturated rings. The zero-order valence-electron chi connectivity index (χ0n) is 13.5. The van der Waals surface area contributed by atoms with Crippen LogP contribution in [0.2, 0.25) is 0 Å². The number of esters is 1. The highest BCUT2D eigenvalue weighted by Crippen LogP contribution is 2.20. The second-order valence-electron chi connectivity index (χ2n) is 4.79. The lowest BCUT2D eigenvalue weighted by molar-refractivity contribution is -0.384. The predicted octanol–water partition coefficient (Wildman–Crippen LogP) is 3.14. The maximum absolute atomic E-state index is 12.3. The average molecular weight is 361 g/mol. The third-order valence-electron chi connectivity index (χ3n) is 3.10. The monoisotopic (exact) mass is 361 g/mol. The van der Waals surface area contributed by atoms with Gasteiger partial charge >= 0.3 is 5.97 Å². The van der Waals surface area contributed by atoms with Gasteiger partial charge in [0.15, 0.2) is 0 Å². The van der Waals surface area contributed by atoms with Gasteiger partial charge in [0.25, 0.3) is 11.6 Å². The van der Waals surface area contributed by atoms with E-state index in [1.54, 1.807) is 23.9 Å². The van der Waals surface area contributed by atoms with E-state index in [2.05, 4.69) is 15.0 Å². The van der Waals surface area contributed by atoms with E-state index < -0.39 is 16.8 Å². The van der Waals surface area contributed by atoms with Gasteiger partial charge < -0.3 is 10.1 Å². The standard InChI is InChI=1S/C16H15N3O5S/c1-3-25-14-5-4-12(9-17-14)18-15(20)10-6-11(16(21)24-2)8-13(7-10)19(22)23/h4-9H,3H2,1-2H3,(H,18,20). The Hall–Kier alpha value is -2.94. The van der Waals surface area contributed by atoms with Crippen molar-refractivity contribution in [1.82, 2.24) is 4.98 Å². The minimum atomic E-state index is -0.764. The molecule has 8 nitrogen and oxygen atoms in total. The first-order valence-electron chi connectivity index (χ1n) is 7.22. The number of anilines is 1. The van der Waals surface area contributed by atoms with Gasteiger partial charge in [0.2, 0.25) is 0 Å². The molecule has 130 valence electrons. The van der Waals surface area contributed by atoms with Crippen molar-refractivity contribution in [3.63, 3.8) is 0 Å². The van der Waals surface area contributed by atoms with Crippen molar-refractivity contribution in [3.8, 4) is 0 Å². The number of benzene rings is 1. The Morgan fingerprint density at radius 2 is 2.00 bits per heavy atom. The molecule has 1 N–H and O–H groups in total. The third kappa shape index (κ3) is 4.77. The minimum Gasteiger partial charge on any atom is -0.465 e. The van der Waals surface area contributed by atoms with Gasteiger partial charge in [-0.2, -0.15) is 0 Å². The molecule has 25 heavy (non-hydrogen) atoms. The van der Waals surface area contributed by atoms with Crippen molar-refractivity contribution >= 4 is 35.0 Å². The molecule has 1 aromatic carbocycles. The summed E-state index contributed by atoms with van der Waals surface area (Å²) in [6, 6.07) is 6.83. The second kappa shape index (κ2) is 8.25. The molecule has 0 bridgehead atoms. The topological polar surface area (TPSA) is 111 Å². The fourth-order valence-corrected chi connectivity index (χ4v) is 2.56. The van der Waals surface area contributed by atoms with Gasteiger partial charge in [-0.3, -0.25) is 14.9 Å². The van der Waals surface area contributed by atoms with E-state index in [0.717, 1.165) is 30.0 Å². The fraction of sp³-hybridized carbons (Fsp3) is 0.188. The number of hydrogen-bond donors (Lipinski definition) is 1. The maximum atomic E-state index is 12.3. The number of nitrogens with one attached hydrogen (secondary N) is 1. The summed E-state index contributed by atoms with van der Waals surface area (Å²) in [7, 11) is 1.16. The molecule has 0 atom stereocenters. The van der Waals surface area contributed by atoms with Gasteiger partial charge in [-0.15, -0.1) is 11.8 Å². The van der Waals surface area contributed by atoms with Crippen LogP contribution in [0, 0.1) is 10.1 Å². The molecule has 0 aliphatic heterocycles. The number of hydrogen-bond acceptors (Lipinski definition) is 7. The average Bonchev–Trinajstić information content (AvgIpc) is 2.62. The minimum absolute atomic E-state index is 0.0263. The van der Waals surface area contributed by atoms with E-state index in [0.29, 0.717) is 5.69 Å². The largest absolute Gasteiger partial charge is 0.465 e. The van der Waals surface area contributed by atoms with E-state index in [1.807, 2.05) is 6.92 Å². The van der Waals surface area contributed by atoms with Crippen LogP contribution >= 0.6 is 11.8 Å². The Morgan fingerprint density at radius 3 is 2.56 bits per heavy atom. The van der Waals surface area contributed by atoms with Crippen LogP contribution < -0.4 is 5.32 Å². The molecule has 0 saturated heterocycles. The third-order valence-corrected chi connectivity index (χ3v) is 3.92. The molecule has 0 unspecified atom stereocenters. The number of aromatic nitrogens is 1. The number of carbonyl (C=O) groups excluding carboxylic acids is 2. The summed E-state index contributed by atoms with van der Waals surface area (Å²) in [6.07, 6.45) is 1.49. The van der Waals surface area contributed by atoms with Gasteiger partial charge in [-0.25, -0.2) is 9.78 Å². The van der Waals surface area contributed by atoms with E-state index in [-0.39, 0.29) is 16.8 Å². The molecule has 2 aromatic rings. The van der Waals surface area contributed by atoms with Crippen molar-refractivity contribution in [1.29, 1.82) is 0 Å². The summed E-state index contributed by atoms with van der Waals surface area (Å²) in [5, 5.41) is 14.4. The lowest BCUT2D eigenvalue weighted by Gasteiger charge is -2.07. The molecule has 1 aromatic heterocycles. The highest BCUT2D eigenvalue weighted by atomic mass is 32.2. The molecule has 0 saturated carbocycles. The molecule has 2 rings (SSSR count). The Bertz CT molecular complexity index is 808. The number of rotatable bonds is 6. The van der Waals surface area contributed by atoms with Crippen LogP contribution in [0.1, 0.15) is 27.6 Å². The summed E-state index contributed by atoms with van der Waals surface area (Å²) in [5.74, 6) is -0.477. The molecule has 0 aliphatic rings. The maximum Gasteiger partial charge on any atom is 0.338 e. The van der Waals surface area contributed by atoms with Crippen LogP contribution in [0.5, 0.6) is 0 Å². The van der Waals surface area contributed by atoms with Gasteiger partial charge in [-0.1, -0.05) is 6.92 Å². The van der Waals surface area contributed by atoms with Gasteiger partial charge in [-0.05, 0) is 24.0 Å². The van der Waals surface area contributed by atoms with Crippen molar-refractivity contribution in [3.05, 3.63) is 57.8 Å². The van der Waals surface area contributed by atoms with E-state index >= 15 is 0 Å². The van der Waals surface area contributed by atoms with Crippen LogP contribution in [0.3, 0.4) is 0 Å². The summed E-state index contributed by atoms with van der Waals surface area (Å²) in [6.45, 7) is 2.00. The highest BCUT2D eigenvalue weighted by Gasteiger charge is 2.18. The summed E-state index contributed by atoms with van der Waals surface area (Å²) >= 11 is 1.56. The van der Waals surface area contributed by atoms with Crippen LogP contribution in [0.25, 0.3) is 0 Å². The van der Waals surface area contributed by atoms with Crippen LogP contribution in [0.4, 0.5) is 11.4 Å². The Kier molecular flexibility index (Phi) is 6.07. The van der Waals surface area contributed by atoms with Crippen molar-refractivity contribution in [2.75, 3.05) is 18.2 Å². The normalized spacial score (nSPS) is 10.2. The molecule has 0 radical (unpaired) electrons. The van der Waals surface area contributed by atoms with Gasteiger partial charge in [0.1, 0.15) is 0 Å². The highest BCUT2D eigenvalue weighted by molar-refractivity contribution is 7.99. The molecule has 9 heteroatoms. The summed E-state index contributed by atoms with van der Waals surface area (Å²) < 4.78 is 4.55. The summed E-state index contributed by atoms with van der Waals surface area (Å²) in [5.41, 5.74) is -0.0336. The Labute approximate surface area is 147 Å². The zero-order chi connectivity index (χ0) is 18.4. The molecule has 0 spiro atoms. The first kappa shape index (κ1) is 18.4. The van der Waals surface area contributed by atoms with E-state index in [1.165, 1.54) is 12.3 Å². The number of pyridine rings is 1. The SMILES string of the molecule is CCSc1ccc(NC(=O)c2cc(C(=O)OC)cc([N+](=O)[O-])c2)cn1. The van der Waals surface area contributed by atoms with Crippen LogP contribution in [-0.2, 0) is 4.74 Å². The number of nitro benzene ring substituents is 1. The first-order chi connectivity index (χ1) is 11.9. The molecule has 0 aliphatic carbocycles. The Balaban J connectivity index is 2.26. The fourth-order valence-electron chi connectivity index (χ4n) is 1.97. The smallest absolute Gasteiger partial charge is 0.338 e. The number of carbonyl (C=O) groups is 2. The van der Waals surface area contributed by atoms with Crippen molar-refractivity contribution in [2.24, 2.45) is 0 Å². The number of nitrogens with zero attached hydrogens (tertiary/aromatic N) is 2. The molecule has 1 heterocycles. The van der Waals surface area contributed by atoms with Crippen molar-refractivity contribution < 1.29 is 19.2 Å². The second-order valence-corrected chi connectivity index (χ2v) is 6.07. The number of methoxy groups -OCH3 is 1. The summed E-state index contributed by atoms with van der Waals surface area (Å²) in [4.78, 5) is 38.5. The molecule has 1 amide bonds. The number of ether oxygens (including phenoxy) is 1.